The van der Waals surface area contributed by atoms with E-state index in [1.165, 1.54) is 5.56 Å². The first-order valence-corrected chi connectivity index (χ1v) is 15.0. The molecule has 1 aliphatic carbocycles. The highest BCUT2D eigenvalue weighted by Gasteiger charge is 2.32. The fourth-order valence-electron chi connectivity index (χ4n) is 5.24. The number of amides is 2. The van der Waals surface area contributed by atoms with Crippen molar-refractivity contribution in [3.8, 4) is 5.75 Å². The second-order valence-electron chi connectivity index (χ2n) is 11.9. The maximum Gasteiger partial charge on any atom is 0.261 e. The van der Waals surface area contributed by atoms with E-state index in [1.807, 2.05) is 73.7 Å². The van der Waals surface area contributed by atoms with Crippen LogP contribution in [-0.4, -0.2) is 35.4 Å². The van der Waals surface area contributed by atoms with E-state index in [4.69, 9.17) is 4.74 Å². The standard InChI is InChI=1S/C34H41BrN2O3/c1-24-11-10-14-26(19-24)22-37(32(38)23-40-31-18-17-27(21-29(31)35)34(2,3)4)30(20-25-12-6-5-7-13-25)33(39)36-28-15-8-9-16-28/h5-7,10-14,17-19,21,28,30H,8-9,15-16,20,22-23H2,1-4H3,(H,36,39)/t30-/m1/s1. The molecule has 1 fully saturated rings. The van der Waals surface area contributed by atoms with Crippen LogP contribution in [0.1, 0.15) is 68.7 Å². The first kappa shape index (κ1) is 29.9. The zero-order valence-electron chi connectivity index (χ0n) is 24.1. The molecule has 212 valence electrons. The van der Waals surface area contributed by atoms with E-state index in [9.17, 15) is 9.59 Å². The Morgan fingerprint density at radius 3 is 2.33 bits per heavy atom. The molecule has 40 heavy (non-hydrogen) atoms. The summed E-state index contributed by atoms with van der Waals surface area (Å²) in [4.78, 5) is 29.4. The van der Waals surface area contributed by atoms with Crippen molar-refractivity contribution < 1.29 is 14.3 Å². The third-order valence-electron chi connectivity index (χ3n) is 7.56. The van der Waals surface area contributed by atoms with Gasteiger partial charge in [0.05, 0.1) is 4.47 Å². The SMILES string of the molecule is Cc1cccc(CN(C(=O)COc2ccc(C(C)(C)C)cc2Br)[C@H](Cc2ccccc2)C(=O)NC2CCCC2)c1. The minimum atomic E-state index is -0.661. The summed E-state index contributed by atoms with van der Waals surface area (Å²) in [5.41, 5.74) is 4.27. The molecule has 1 saturated carbocycles. The van der Waals surface area contributed by atoms with Gasteiger partial charge in [-0.2, -0.15) is 0 Å². The molecule has 0 radical (unpaired) electrons. The minimum Gasteiger partial charge on any atom is -0.483 e. The first-order valence-electron chi connectivity index (χ1n) is 14.2. The molecule has 1 N–H and O–H groups in total. The summed E-state index contributed by atoms with van der Waals surface area (Å²) in [6.07, 6.45) is 4.64. The predicted octanol–water partition coefficient (Wildman–Crippen LogP) is 7.13. The quantitative estimate of drug-likeness (QED) is 0.268. The number of rotatable bonds is 10. The highest BCUT2D eigenvalue weighted by atomic mass is 79.9. The number of nitrogens with one attached hydrogen (secondary N) is 1. The van der Waals surface area contributed by atoms with Gasteiger partial charge in [-0.15, -0.1) is 0 Å². The van der Waals surface area contributed by atoms with Gasteiger partial charge in [-0.3, -0.25) is 9.59 Å². The minimum absolute atomic E-state index is 0.00117. The van der Waals surface area contributed by atoms with Gasteiger partial charge < -0.3 is 15.0 Å². The Kier molecular flexibility index (Phi) is 10.1. The topological polar surface area (TPSA) is 58.6 Å². The van der Waals surface area contributed by atoms with Crippen LogP contribution < -0.4 is 10.1 Å². The van der Waals surface area contributed by atoms with Gasteiger partial charge in [0.15, 0.2) is 6.61 Å². The van der Waals surface area contributed by atoms with Gasteiger partial charge in [0, 0.05) is 19.0 Å². The van der Waals surface area contributed by atoms with E-state index in [0.717, 1.165) is 46.8 Å². The molecule has 3 aromatic rings. The summed E-state index contributed by atoms with van der Waals surface area (Å²) in [5, 5.41) is 3.25. The number of benzene rings is 3. The molecule has 1 atom stereocenters. The van der Waals surface area contributed by atoms with Gasteiger partial charge in [-0.25, -0.2) is 0 Å². The molecular formula is C34H41BrN2O3. The molecule has 5 nitrogen and oxygen atoms in total. The van der Waals surface area contributed by atoms with Crippen molar-refractivity contribution in [2.24, 2.45) is 0 Å². The molecule has 4 rings (SSSR count). The average Bonchev–Trinajstić information content (AvgIpc) is 3.43. The summed E-state index contributed by atoms with van der Waals surface area (Å²) < 4.78 is 6.86. The number of hydrogen-bond donors (Lipinski definition) is 1. The first-order chi connectivity index (χ1) is 19.1. The third kappa shape index (κ3) is 8.20. The summed E-state index contributed by atoms with van der Waals surface area (Å²) in [6, 6.07) is 23.5. The van der Waals surface area contributed by atoms with Crippen molar-refractivity contribution in [2.75, 3.05) is 6.61 Å². The van der Waals surface area contributed by atoms with Crippen LogP contribution in [0, 0.1) is 6.92 Å². The van der Waals surface area contributed by atoms with Crippen molar-refractivity contribution in [1.82, 2.24) is 10.2 Å². The largest absolute Gasteiger partial charge is 0.483 e. The Morgan fingerprint density at radius 1 is 0.975 bits per heavy atom. The lowest BCUT2D eigenvalue weighted by Crippen LogP contribution is -2.53. The van der Waals surface area contributed by atoms with Crippen molar-refractivity contribution in [2.45, 2.75) is 83.8 Å². The van der Waals surface area contributed by atoms with E-state index >= 15 is 0 Å². The van der Waals surface area contributed by atoms with E-state index < -0.39 is 6.04 Å². The monoisotopic (exact) mass is 604 g/mol. The van der Waals surface area contributed by atoms with Gasteiger partial charge in [0.1, 0.15) is 11.8 Å². The number of carbonyl (C=O) groups is 2. The van der Waals surface area contributed by atoms with Gasteiger partial charge >= 0.3 is 0 Å². The van der Waals surface area contributed by atoms with Crippen molar-refractivity contribution in [1.29, 1.82) is 0 Å². The second kappa shape index (κ2) is 13.5. The Labute approximate surface area is 247 Å². The Hall–Kier alpha value is -3.12. The molecule has 1 aliphatic rings. The Morgan fingerprint density at radius 2 is 1.68 bits per heavy atom. The van der Waals surface area contributed by atoms with Gasteiger partial charge in [0.2, 0.25) is 5.91 Å². The smallest absolute Gasteiger partial charge is 0.261 e. The molecule has 0 spiro atoms. The number of ether oxygens (including phenoxy) is 1. The maximum atomic E-state index is 13.9. The zero-order valence-corrected chi connectivity index (χ0v) is 25.7. The Balaban J connectivity index is 1.61. The van der Waals surface area contributed by atoms with Gasteiger partial charge in [-0.05, 0) is 69.9 Å². The van der Waals surface area contributed by atoms with E-state index in [-0.39, 0.29) is 29.9 Å². The highest BCUT2D eigenvalue weighted by molar-refractivity contribution is 9.10. The van der Waals surface area contributed by atoms with Crippen LogP contribution in [-0.2, 0) is 28.0 Å². The predicted molar refractivity (Wildman–Crippen MR) is 164 cm³/mol. The van der Waals surface area contributed by atoms with Crippen molar-refractivity contribution >= 4 is 27.7 Å². The van der Waals surface area contributed by atoms with Crippen LogP contribution in [0.5, 0.6) is 5.75 Å². The average molecular weight is 606 g/mol. The number of halogens is 1. The summed E-state index contributed by atoms with van der Waals surface area (Å²) >= 11 is 3.62. The molecule has 3 aromatic carbocycles. The van der Waals surface area contributed by atoms with E-state index in [0.29, 0.717) is 18.7 Å². The number of carbonyl (C=O) groups excluding carboxylic acids is 2. The van der Waals surface area contributed by atoms with Crippen LogP contribution >= 0.6 is 15.9 Å². The summed E-state index contributed by atoms with van der Waals surface area (Å²) in [6.45, 7) is 8.67. The zero-order chi connectivity index (χ0) is 28.7. The van der Waals surface area contributed by atoms with Gasteiger partial charge in [0.25, 0.3) is 5.91 Å². The molecule has 2 amide bonds. The van der Waals surface area contributed by atoms with Crippen molar-refractivity contribution in [3.63, 3.8) is 0 Å². The molecule has 6 heteroatoms. The van der Waals surface area contributed by atoms with Crippen LogP contribution in [0.4, 0.5) is 0 Å². The normalized spacial score (nSPS) is 14.5. The van der Waals surface area contributed by atoms with Crippen LogP contribution in [0.3, 0.4) is 0 Å². The van der Waals surface area contributed by atoms with Crippen LogP contribution in [0.25, 0.3) is 0 Å². The number of hydrogen-bond acceptors (Lipinski definition) is 3. The molecule has 0 aliphatic heterocycles. The number of aryl methyl sites for hydroxylation is 1. The van der Waals surface area contributed by atoms with Crippen LogP contribution in [0.15, 0.2) is 77.3 Å². The molecule has 0 bridgehead atoms. The lowest BCUT2D eigenvalue weighted by atomic mass is 9.87. The molecule has 0 saturated heterocycles. The Bertz CT molecular complexity index is 1300. The summed E-state index contributed by atoms with van der Waals surface area (Å²) in [7, 11) is 0. The number of nitrogens with zero attached hydrogens (tertiary/aromatic N) is 1. The lowest BCUT2D eigenvalue weighted by molar-refractivity contribution is -0.143. The third-order valence-corrected chi connectivity index (χ3v) is 8.18. The van der Waals surface area contributed by atoms with Crippen LogP contribution in [0.2, 0.25) is 0 Å². The second-order valence-corrected chi connectivity index (χ2v) is 12.7. The maximum absolute atomic E-state index is 13.9. The highest BCUT2D eigenvalue weighted by Crippen LogP contribution is 2.31. The molecule has 0 heterocycles. The van der Waals surface area contributed by atoms with Gasteiger partial charge in [-0.1, -0.05) is 99.8 Å². The summed E-state index contributed by atoms with van der Waals surface area (Å²) in [5.74, 6) is 0.273. The van der Waals surface area contributed by atoms with E-state index in [1.54, 1.807) is 4.90 Å². The fraction of sp³-hybridized carbons (Fsp3) is 0.412. The lowest BCUT2D eigenvalue weighted by Gasteiger charge is -2.32. The molecule has 0 aromatic heterocycles. The molecule has 0 unspecified atom stereocenters. The molecular weight excluding hydrogens is 564 g/mol. The fourth-order valence-corrected chi connectivity index (χ4v) is 5.73. The van der Waals surface area contributed by atoms with Crippen molar-refractivity contribution in [3.05, 3.63) is 99.5 Å². The van der Waals surface area contributed by atoms with E-state index in [2.05, 4.69) is 48.1 Å².